The van der Waals surface area contributed by atoms with Gasteiger partial charge in [-0.1, -0.05) is 38.1 Å². The Labute approximate surface area is 174 Å². The van der Waals surface area contributed by atoms with Crippen LogP contribution in [0.1, 0.15) is 50.5 Å². The summed E-state index contributed by atoms with van der Waals surface area (Å²) in [6.45, 7) is 10.6. The lowest BCUT2D eigenvalue weighted by atomic mass is 10.1. The first-order valence-electron chi connectivity index (χ1n) is 10.2. The van der Waals surface area contributed by atoms with Gasteiger partial charge in [-0.25, -0.2) is 8.42 Å². The molecule has 5 nitrogen and oxygen atoms in total. The van der Waals surface area contributed by atoms with Crippen molar-refractivity contribution in [3.8, 4) is 0 Å². The van der Waals surface area contributed by atoms with E-state index in [4.69, 9.17) is 0 Å². The molecular weight excluding hydrogens is 384 g/mol. The van der Waals surface area contributed by atoms with Crippen LogP contribution in [-0.2, 0) is 16.4 Å². The molecule has 0 aliphatic carbocycles. The summed E-state index contributed by atoms with van der Waals surface area (Å²) in [5.41, 5.74) is 2.15. The van der Waals surface area contributed by atoms with E-state index in [1.54, 1.807) is 23.1 Å². The summed E-state index contributed by atoms with van der Waals surface area (Å²) in [4.78, 5) is 15.1. The van der Waals surface area contributed by atoms with Gasteiger partial charge in [-0.3, -0.25) is 9.10 Å². The Morgan fingerprint density at radius 2 is 1.79 bits per heavy atom. The minimum absolute atomic E-state index is 0.0376. The second-order valence-electron chi connectivity index (χ2n) is 8.46. The van der Waals surface area contributed by atoms with Gasteiger partial charge in [-0.2, -0.15) is 0 Å². The predicted molar refractivity (Wildman–Crippen MR) is 117 cm³/mol. The lowest BCUT2D eigenvalue weighted by Gasteiger charge is -2.29. The number of fused-ring (bicyclic) bond motifs is 1. The molecule has 0 fully saturated rings. The van der Waals surface area contributed by atoms with Crippen molar-refractivity contribution in [1.82, 2.24) is 4.90 Å². The second-order valence-corrected chi connectivity index (χ2v) is 10.3. The SMILES string of the molecule is CC(C)CN(C(=O)c1cccc(S(=O)(=O)N2c3ccccc3CC2C)c1)C(C)C. The van der Waals surface area contributed by atoms with Crippen LogP contribution in [0.15, 0.2) is 53.4 Å². The van der Waals surface area contributed by atoms with Gasteiger partial charge in [0.1, 0.15) is 0 Å². The molecule has 29 heavy (non-hydrogen) atoms. The van der Waals surface area contributed by atoms with E-state index in [9.17, 15) is 13.2 Å². The molecule has 2 aromatic carbocycles. The minimum Gasteiger partial charge on any atom is -0.336 e. The molecule has 0 saturated carbocycles. The van der Waals surface area contributed by atoms with E-state index >= 15 is 0 Å². The fourth-order valence-electron chi connectivity index (χ4n) is 3.89. The first kappa shape index (κ1) is 21.4. The van der Waals surface area contributed by atoms with Gasteiger partial charge in [-0.05, 0) is 62.9 Å². The van der Waals surface area contributed by atoms with Crippen LogP contribution >= 0.6 is 0 Å². The molecule has 0 spiro atoms. The zero-order valence-corrected chi connectivity index (χ0v) is 18.6. The summed E-state index contributed by atoms with van der Waals surface area (Å²) in [5.74, 6) is 0.191. The standard InChI is InChI=1S/C23H30N2O3S/c1-16(2)15-24(17(3)4)23(26)20-10-8-11-21(14-20)29(27,28)25-18(5)13-19-9-6-7-12-22(19)25/h6-12,14,16-18H,13,15H2,1-5H3. The van der Waals surface area contributed by atoms with Crippen molar-refractivity contribution in [2.75, 3.05) is 10.8 Å². The quantitative estimate of drug-likeness (QED) is 0.707. The third-order valence-corrected chi connectivity index (χ3v) is 7.15. The summed E-state index contributed by atoms with van der Waals surface area (Å²) in [7, 11) is -3.76. The Balaban J connectivity index is 1.98. The van der Waals surface area contributed by atoms with E-state index in [-0.39, 0.29) is 22.9 Å². The lowest BCUT2D eigenvalue weighted by Crippen LogP contribution is -2.39. The smallest absolute Gasteiger partial charge is 0.264 e. The number of hydrogen-bond donors (Lipinski definition) is 0. The number of sulfonamides is 1. The summed E-state index contributed by atoms with van der Waals surface area (Å²) < 4.78 is 28.4. The zero-order chi connectivity index (χ0) is 21.3. The number of nitrogens with zero attached hydrogens (tertiary/aromatic N) is 2. The van der Waals surface area contributed by atoms with Crippen LogP contribution in [0.3, 0.4) is 0 Å². The van der Waals surface area contributed by atoms with Crippen molar-refractivity contribution >= 4 is 21.6 Å². The third kappa shape index (κ3) is 4.17. The Hall–Kier alpha value is -2.34. The summed E-state index contributed by atoms with van der Waals surface area (Å²) in [6.07, 6.45) is 0.684. The molecule has 0 radical (unpaired) electrons. The van der Waals surface area contributed by atoms with Gasteiger partial charge in [0.05, 0.1) is 10.6 Å². The number of anilines is 1. The molecular formula is C23H30N2O3S. The maximum absolute atomic E-state index is 13.5. The van der Waals surface area contributed by atoms with Crippen molar-refractivity contribution in [2.45, 2.75) is 58.0 Å². The van der Waals surface area contributed by atoms with Gasteiger partial charge >= 0.3 is 0 Å². The number of hydrogen-bond acceptors (Lipinski definition) is 3. The first-order valence-corrected chi connectivity index (χ1v) is 11.6. The van der Waals surface area contributed by atoms with Crippen LogP contribution in [0.25, 0.3) is 0 Å². The maximum Gasteiger partial charge on any atom is 0.264 e. The van der Waals surface area contributed by atoms with E-state index in [1.165, 1.54) is 10.4 Å². The maximum atomic E-state index is 13.5. The molecule has 3 rings (SSSR count). The zero-order valence-electron chi connectivity index (χ0n) is 17.8. The third-order valence-electron chi connectivity index (χ3n) is 5.23. The Morgan fingerprint density at radius 1 is 1.10 bits per heavy atom. The highest BCUT2D eigenvalue weighted by atomic mass is 32.2. The van der Waals surface area contributed by atoms with Crippen molar-refractivity contribution in [3.63, 3.8) is 0 Å². The lowest BCUT2D eigenvalue weighted by molar-refractivity contribution is 0.0681. The molecule has 0 saturated heterocycles. The molecule has 0 aromatic heterocycles. The van der Waals surface area contributed by atoms with Crippen LogP contribution in [0.4, 0.5) is 5.69 Å². The predicted octanol–water partition coefficient (Wildman–Crippen LogP) is 4.33. The van der Waals surface area contributed by atoms with Crippen LogP contribution in [0.2, 0.25) is 0 Å². The molecule has 0 N–H and O–H groups in total. The summed E-state index contributed by atoms with van der Waals surface area (Å²) in [6, 6.07) is 13.9. The Morgan fingerprint density at radius 3 is 2.45 bits per heavy atom. The van der Waals surface area contributed by atoms with E-state index < -0.39 is 10.0 Å². The molecule has 156 valence electrons. The van der Waals surface area contributed by atoms with Crippen LogP contribution in [-0.4, -0.2) is 37.9 Å². The minimum atomic E-state index is -3.76. The number of rotatable bonds is 6. The second kappa shape index (κ2) is 8.19. The van der Waals surface area contributed by atoms with Crippen LogP contribution in [0, 0.1) is 5.92 Å². The van der Waals surface area contributed by atoms with E-state index in [0.717, 1.165) is 11.3 Å². The molecule has 6 heteroatoms. The number of carbonyl (C=O) groups excluding carboxylic acids is 1. The van der Waals surface area contributed by atoms with Crippen molar-refractivity contribution < 1.29 is 13.2 Å². The molecule has 1 atom stereocenters. The first-order chi connectivity index (χ1) is 13.6. The molecule has 2 aromatic rings. The number of para-hydroxylation sites is 1. The fourth-order valence-corrected chi connectivity index (χ4v) is 5.63. The van der Waals surface area contributed by atoms with Gasteiger partial charge < -0.3 is 4.90 Å². The number of amides is 1. The summed E-state index contributed by atoms with van der Waals surface area (Å²) >= 11 is 0. The van der Waals surface area contributed by atoms with Gasteiger partial charge in [0, 0.05) is 24.2 Å². The van der Waals surface area contributed by atoms with Gasteiger partial charge in [0.15, 0.2) is 0 Å². The topological polar surface area (TPSA) is 57.7 Å². The molecule has 0 bridgehead atoms. The molecule has 1 aliphatic rings. The Kier molecular flexibility index (Phi) is 6.03. The van der Waals surface area contributed by atoms with E-state index in [0.29, 0.717) is 24.4 Å². The normalized spacial score (nSPS) is 16.4. The molecule has 1 amide bonds. The average Bonchev–Trinajstić information content (AvgIpc) is 3.01. The molecule has 1 aliphatic heterocycles. The van der Waals surface area contributed by atoms with Gasteiger partial charge in [0.2, 0.25) is 0 Å². The van der Waals surface area contributed by atoms with Crippen molar-refractivity contribution in [2.24, 2.45) is 5.92 Å². The molecule has 1 unspecified atom stereocenters. The fraction of sp³-hybridized carbons (Fsp3) is 0.435. The monoisotopic (exact) mass is 414 g/mol. The Bertz CT molecular complexity index is 999. The van der Waals surface area contributed by atoms with Crippen LogP contribution in [0.5, 0.6) is 0 Å². The van der Waals surface area contributed by atoms with Crippen LogP contribution < -0.4 is 4.31 Å². The van der Waals surface area contributed by atoms with E-state index in [1.807, 2.05) is 45.0 Å². The van der Waals surface area contributed by atoms with Gasteiger partial charge in [-0.15, -0.1) is 0 Å². The highest BCUT2D eigenvalue weighted by Crippen LogP contribution is 2.36. The number of carbonyl (C=O) groups is 1. The highest BCUT2D eigenvalue weighted by Gasteiger charge is 2.36. The van der Waals surface area contributed by atoms with Gasteiger partial charge in [0.25, 0.3) is 15.9 Å². The average molecular weight is 415 g/mol. The van der Waals surface area contributed by atoms with Crippen molar-refractivity contribution in [1.29, 1.82) is 0 Å². The van der Waals surface area contributed by atoms with E-state index in [2.05, 4.69) is 13.8 Å². The van der Waals surface area contributed by atoms with Crippen molar-refractivity contribution in [3.05, 3.63) is 59.7 Å². The molecule has 1 heterocycles. The summed E-state index contributed by atoms with van der Waals surface area (Å²) in [5, 5.41) is 0. The highest BCUT2D eigenvalue weighted by molar-refractivity contribution is 7.92. The largest absolute Gasteiger partial charge is 0.336 e. The number of benzene rings is 2.